The van der Waals surface area contributed by atoms with Crippen molar-refractivity contribution >= 4 is 23.1 Å². The summed E-state index contributed by atoms with van der Waals surface area (Å²) in [6.45, 7) is 12.1. The van der Waals surface area contributed by atoms with Gasteiger partial charge in [0, 0.05) is 44.3 Å². The smallest absolute Gasteiger partial charge is 0.262 e. The monoisotopic (exact) mass is 467 g/mol. The molecule has 0 aliphatic carbocycles. The molecular formula is C26H41N7O. The SMILES string of the molecule is CCC/C(N)=C/N(N)c1cccc(N2CCN(C)C(/N=C(\C)NCC)=C(/C=C(/C)CC)C2=O)c1. The molecule has 8 heteroatoms. The summed E-state index contributed by atoms with van der Waals surface area (Å²) in [5.41, 5.74) is 10.0. The summed E-state index contributed by atoms with van der Waals surface area (Å²) in [6.07, 6.45) is 6.27. The van der Waals surface area contributed by atoms with Crippen molar-refractivity contribution in [3.8, 4) is 0 Å². The van der Waals surface area contributed by atoms with Gasteiger partial charge in [-0.25, -0.2) is 10.8 Å². The van der Waals surface area contributed by atoms with Gasteiger partial charge in [0.05, 0.1) is 11.3 Å². The number of carbonyl (C=O) groups is 1. The number of aliphatic imine (C=N–C) groups is 1. The average molecular weight is 468 g/mol. The van der Waals surface area contributed by atoms with Crippen molar-refractivity contribution in [2.75, 3.05) is 36.6 Å². The van der Waals surface area contributed by atoms with Crippen LogP contribution in [0.2, 0.25) is 0 Å². The Kier molecular flexibility index (Phi) is 10.2. The molecule has 1 amide bonds. The number of rotatable bonds is 9. The molecule has 34 heavy (non-hydrogen) atoms. The van der Waals surface area contributed by atoms with Gasteiger partial charge in [0.1, 0.15) is 11.7 Å². The fourth-order valence-electron chi connectivity index (χ4n) is 3.65. The number of likely N-dealkylation sites (N-methyl/N-ethyl adjacent to an activating group) is 1. The first-order valence-corrected chi connectivity index (χ1v) is 12.0. The second-order valence-corrected chi connectivity index (χ2v) is 8.57. The predicted octanol–water partition coefficient (Wildman–Crippen LogP) is 3.84. The lowest BCUT2D eigenvalue weighted by atomic mass is 10.1. The third-order valence-corrected chi connectivity index (χ3v) is 5.67. The van der Waals surface area contributed by atoms with E-state index in [1.807, 2.05) is 63.1 Å². The maximum absolute atomic E-state index is 13.9. The van der Waals surface area contributed by atoms with Crippen molar-refractivity contribution in [1.29, 1.82) is 0 Å². The number of nitrogens with zero attached hydrogens (tertiary/aromatic N) is 4. The zero-order valence-corrected chi connectivity index (χ0v) is 21.6. The summed E-state index contributed by atoms with van der Waals surface area (Å²) in [4.78, 5) is 22.5. The number of allylic oxidation sites excluding steroid dienone is 2. The Balaban J connectivity index is 2.53. The van der Waals surface area contributed by atoms with Crippen LogP contribution in [0.5, 0.6) is 0 Å². The van der Waals surface area contributed by atoms with Gasteiger partial charge in [-0.2, -0.15) is 0 Å². The van der Waals surface area contributed by atoms with Crippen molar-refractivity contribution in [3.63, 3.8) is 0 Å². The van der Waals surface area contributed by atoms with Crippen LogP contribution in [-0.4, -0.2) is 43.3 Å². The van der Waals surface area contributed by atoms with Gasteiger partial charge in [0.2, 0.25) is 0 Å². The van der Waals surface area contributed by atoms with E-state index >= 15 is 0 Å². The Morgan fingerprint density at radius 1 is 1.24 bits per heavy atom. The van der Waals surface area contributed by atoms with E-state index in [0.29, 0.717) is 30.2 Å². The second kappa shape index (κ2) is 12.8. The average Bonchev–Trinajstić information content (AvgIpc) is 2.91. The van der Waals surface area contributed by atoms with Crippen LogP contribution in [0.1, 0.15) is 53.9 Å². The third-order valence-electron chi connectivity index (χ3n) is 5.67. The maximum Gasteiger partial charge on any atom is 0.262 e. The Morgan fingerprint density at radius 3 is 2.62 bits per heavy atom. The van der Waals surface area contributed by atoms with E-state index in [1.165, 1.54) is 5.01 Å². The molecule has 1 heterocycles. The molecule has 186 valence electrons. The Bertz CT molecular complexity index is 977. The molecule has 8 nitrogen and oxygen atoms in total. The molecule has 0 aromatic heterocycles. The van der Waals surface area contributed by atoms with Gasteiger partial charge in [0.15, 0.2) is 0 Å². The number of benzene rings is 1. The minimum absolute atomic E-state index is 0.0815. The molecule has 0 radical (unpaired) electrons. The van der Waals surface area contributed by atoms with E-state index in [4.69, 9.17) is 16.6 Å². The van der Waals surface area contributed by atoms with Gasteiger partial charge in [-0.1, -0.05) is 31.9 Å². The number of hydrazine groups is 1. The van der Waals surface area contributed by atoms with Gasteiger partial charge >= 0.3 is 0 Å². The summed E-state index contributed by atoms with van der Waals surface area (Å²) in [5.74, 6) is 7.62. The van der Waals surface area contributed by atoms with E-state index in [2.05, 4.69) is 19.2 Å². The first-order chi connectivity index (χ1) is 16.2. The minimum atomic E-state index is -0.0815. The van der Waals surface area contributed by atoms with E-state index in [-0.39, 0.29) is 5.91 Å². The van der Waals surface area contributed by atoms with Gasteiger partial charge < -0.3 is 20.9 Å². The van der Waals surface area contributed by atoms with E-state index in [9.17, 15) is 4.79 Å². The highest BCUT2D eigenvalue weighted by Crippen LogP contribution is 2.28. The Labute approximate surface area is 204 Å². The van der Waals surface area contributed by atoms with Crippen molar-refractivity contribution in [2.24, 2.45) is 16.6 Å². The number of nitrogens with one attached hydrogen (secondary N) is 1. The van der Waals surface area contributed by atoms with E-state index < -0.39 is 0 Å². The summed E-state index contributed by atoms with van der Waals surface area (Å²) in [6, 6.07) is 7.66. The molecular weight excluding hydrogens is 426 g/mol. The highest BCUT2D eigenvalue weighted by atomic mass is 16.2. The van der Waals surface area contributed by atoms with Crippen LogP contribution >= 0.6 is 0 Å². The largest absolute Gasteiger partial charge is 0.401 e. The first-order valence-electron chi connectivity index (χ1n) is 12.0. The van der Waals surface area contributed by atoms with Crippen LogP contribution in [0.3, 0.4) is 0 Å². The molecule has 0 saturated carbocycles. The van der Waals surface area contributed by atoms with Gasteiger partial charge in [0.25, 0.3) is 5.91 Å². The van der Waals surface area contributed by atoms with Crippen LogP contribution in [-0.2, 0) is 4.79 Å². The Morgan fingerprint density at radius 2 is 1.97 bits per heavy atom. The highest BCUT2D eigenvalue weighted by Gasteiger charge is 2.28. The Hall–Kier alpha value is -3.26. The van der Waals surface area contributed by atoms with Crippen LogP contribution in [0.25, 0.3) is 0 Å². The molecule has 1 aliphatic heterocycles. The van der Waals surface area contributed by atoms with Gasteiger partial charge in [-0.3, -0.25) is 9.80 Å². The maximum atomic E-state index is 13.9. The number of carbonyl (C=O) groups excluding carboxylic acids is 1. The molecule has 2 rings (SSSR count). The number of amides is 1. The standard InChI is InChI=1S/C26H41N7O/c1-7-11-21(27)18-33(28)23-13-10-12-22(17-23)32-15-14-31(6)25(30-20(5)29-9-3)24(26(32)34)16-19(4)8-2/h10,12-13,16-18H,7-9,11,14-15,27-28H2,1-6H3,(H,29,30)/b19-16-,21-18-. The van der Waals surface area contributed by atoms with Crippen LogP contribution in [0.4, 0.5) is 11.4 Å². The molecule has 1 aliphatic rings. The number of nitrogens with two attached hydrogens (primary N) is 2. The summed E-state index contributed by atoms with van der Waals surface area (Å²) in [7, 11) is 1.98. The van der Waals surface area contributed by atoms with Crippen LogP contribution in [0.15, 0.2) is 64.2 Å². The van der Waals surface area contributed by atoms with E-state index in [1.54, 1.807) is 11.1 Å². The van der Waals surface area contributed by atoms with Gasteiger partial charge in [-0.15, -0.1) is 0 Å². The molecule has 0 bridgehead atoms. The number of amidine groups is 1. The fourth-order valence-corrected chi connectivity index (χ4v) is 3.65. The number of anilines is 2. The lowest BCUT2D eigenvalue weighted by Gasteiger charge is -2.24. The van der Waals surface area contributed by atoms with Crippen molar-refractivity contribution in [1.82, 2.24) is 10.2 Å². The molecule has 0 saturated heterocycles. The molecule has 0 spiro atoms. The molecule has 0 unspecified atom stereocenters. The molecule has 5 N–H and O–H groups in total. The molecule has 0 fully saturated rings. The van der Waals surface area contributed by atoms with Gasteiger partial charge in [-0.05, 0) is 57.9 Å². The lowest BCUT2D eigenvalue weighted by molar-refractivity contribution is -0.114. The predicted molar refractivity (Wildman–Crippen MR) is 143 cm³/mol. The third kappa shape index (κ3) is 7.12. The molecule has 0 atom stereocenters. The lowest BCUT2D eigenvalue weighted by Crippen LogP contribution is -2.34. The number of hydrogen-bond acceptors (Lipinski definition) is 6. The van der Waals surface area contributed by atoms with E-state index in [0.717, 1.165) is 48.6 Å². The molecule has 1 aromatic rings. The minimum Gasteiger partial charge on any atom is -0.401 e. The van der Waals surface area contributed by atoms with Crippen LogP contribution in [0, 0.1) is 0 Å². The fraction of sp³-hybridized carbons (Fsp3) is 0.462. The quantitative estimate of drug-likeness (QED) is 0.221. The second-order valence-electron chi connectivity index (χ2n) is 8.57. The summed E-state index contributed by atoms with van der Waals surface area (Å²) >= 11 is 0. The first kappa shape index (κ1) is 27.0. The zero-order valence-electron chi connectivity index (χ0n) is 21.6. The summed E-state index contributed by atoms with van der Waals surface area (Å²) < 4.78 is 0. The molecule has 1 aromatic carbocycles. The number of hydrogen-bond donors (Lipinski definition) is 3. The zero-order chi connectivity index (χ0) is 25.3. The van der Waals surface area contributed by atoms with Crippen molar-refractivity contribution in [2.45, 2.75) is 53.9 Å². The topological polar surface area (TPSA) is 103 Å². The summed E-state index contributed by atoms with van der Waals surface area (Å²) in [5, 5.41) is 4.74. The van der Waals surface area contributed by atoms with Crippen molar-refractivity contribution < 1.29 is 4.79 Å². The normalized spacial score (nSPS) is 16.2. The van der Waals surface area contributed by atoms with Crippen LogP contribution < -0.4 is 26.8 Å². The van der Waals surface area contributed by atoms with Crippen molar-refractivity contribution in [3.05, 3.63) is 59.2 Å². The highest BCUT2D eigenvalue weighted by molar-refractivity contribution is 6.08.